The first-order valence-corrected chi connectivity index (χ1v) is 8.30. The second-order valence-electron chi connectivity index (χ2n) is 5.73. The van der Waals surface area contributed by atoms with Gasteiger partial charge in [-0.25, -0.2) is 14.8 Å². The zero-order chi connectivity index (χ0) is 16.1. The average Bonchev–Trinajstić information content (AvgIpc) is 3.05. The number of imidazole rings is 1. The molecule has 0 fully saturated rings. The van der Waals surface area contributed by atoms with E-state index < -0.39 is 0 Å². The van der Waals surface area contributed by atoms with Crippen molar-refractivity contribution in [1.29, 1.82) is 0 Å². The third-order valence-electron chi connectivity index (χ3n) is 3.20. The van der Waals surface area contributed by atoms with Crippen molar-refractivity contribution in [1.82, 2.24) is 25.2 Å². The average molecular weight is 321 g/mol. The number of aryl methyl sites for hydroxylation is 1. The van der Waals surface area contributed by atoms with Crippen LogP contribution in [0.5, 0.6) is 0 Å². The van der Waals surface area contributed by atoms with E-state index in [4.69, 9.17) is 0 Å². The second-order valence-corrected chi connectivity index (χ2v) is 6.79. The lowest BCUT2D eigenvalue weighted by Gasteiger charge is -2.14. The number of hydrogen-bond donors (Lipinski definition) is 2. The van der Waals surface area contributed by atoms with Gasteiger partial charge < -0.3 is 15.2 Å². The number of amides is 2. The molecule has 2 amide bonds. The summed E-state index contributed by atoms with van der Waals surface area (Å²) in [5, 5.41) is 8.71. The van der Waals surface area contributed by atoms with Crippen molar-refractivity contribution in [3.05, 3.63) is 34.3 Å². The Morgan fingerprint density at radius 1 is 1.41 bits per heavy atom. The fourth-order valence-corrected chi connectivity index (χ4v) is 2.83. The Labute approximate surface area is 135 Å². The quantitative estimate of drug-likeness (QED) is 0.859. The summed E-state index contributed by atoms with van der Waals surface area (Å²) >= 11 is 1.58. The van der Waals surface area contributed by atoms with Crippen molar-refractivity contribution in [2.24, 2.45) is 5.92 Å². The predicted molar refractivity (Wildman–Crippen MR) is 87.7 cm³/mol. The maximum Gasteiger partial charge on any atom is 0.315 e. The molecule has 1 unspecified atom stereocenters. The molecule has 0 saturated heterocycles. The largest absolute Gasteiger partial charge is 0.333 e. The standard InChI is InChI=1S/C15H23N5OS/c1-10(2)8-20-6-5-16-14(20)7-17-15(21)18-11(3)13-9-22-12(4)19-13/h5-6,9-11H,7-8H2,1-4H3,(H2,17,18,21). The van der Waals surface area contributed by atoms with Crippen molar-refractivity contribution in [2.75, 3.05) is 0 Å². The number of urea groups is 1. The monoisotopic (exact) mass is 321 g/mol. The van der Waals surface area contributed by atoms with Crippen LogP contribution in [0.2, 0.25) is 0 Å². The molecule has 0 aliphatic rings. The normalized spacial score (nSPS) is 12.4. The molecule has 0 radical (unpaired) electrons. The van der Waals surface area contributed by atoms with E-state index >= 15 is 0 Å². The van der Waals surface area contributed by atoms with E-state index in [1.807, 2.05) is 25.4 Å². The highest BCUT2D eigenvalue weighted by molar-refractivity contribution is 7.09. The summed E-state index contributed by atoms with van der Waals surface area (Å²) in [4.78, 5) is 20.7. The first-order chi connectivity index (χ1) is 10.5. The minimum atomic E-state index is -0.211. The smallest absolute Gasteiger partial charge is 0.315 e. The molecule has 0 saturated carbocycles. The third-order valence-corrected chi connectivity index (χ3v) is 3.99. The van der Waals surface area contributed by atoms with E-state index in [1.165, 1.54) is 0 Å². The lowest BCUT2D eigenvalue weighted by Crippen LogP contribution is -2.37. The Kier molecular flexibility index (Phi) is 5.54. The molecular weight excluding hydrogens is 298 g/mol. The van der Waals surface area contributed by atoms with Crippen molar-refractivity contribution in [2.45, 2.75) is 46.8 Å². The molecule has 6 nitrogen and oxygen atoms in total. The maximum absolute atomic E-state index is 12.0. The number of carbonyl (C=O) groups is 1. The predicted octanol–water partition coefficient (Wildman–Crippen LogP) is 2.86. The number of thiazole rings is 1. The van der Waals surface area contributed by atoms with Gasteiger partial charge in [0.05, 0.1) is 23.3 Å². The van der Waals surface area contributed by atoms with Gasteiger partial charge in [0, 0.05) is 24.3 Å². The highest BCUT2D eigenvalue weighted by Crippen LogP contribution is 2.15. The molecule has 0 aliphatic carbocycles. The van der Waals surface area contributed by atoms with Crippen LogP contribution < -0.4 is 10.6 Å². The molecular formula is C15H23N5OS. The summed E-state index contributed by atoms with van der Waals surface area (Å²) in [7, 11) is 0. The van der Waals surface area contributed by atoms with E-state index in [0.717, 1.165) is 23.1 Å². The van der Waals surface area contributed by atoms with E-state index in [-0.39, 0.29) is 12.1 Å². The molecule has 0 aliphatic heterocycles. The molecule has 22 heavy (non-hydrogen) atoms. The molecule has 2 rings (SSSR count). The van der Waals surface area contributed by atoms with Crippen LogP contribution >= 0.6 is 11.3 Å². The van der Waals surface area contributed by atoms with Gasteiger partial charge in [-0.15, -0.1) is 11.3 Å². The summed E-state index contributed by atoms with van der Waals surface area (Å²) in [6.07, 6.45) is 3.70. The van der Waals surface area contributed by atoms with Crippen molar-refractivity contribution in [3.8, 4) is 0 Å². The summed E-state index contributed by atoms with van der Waals surface area (Å²) in [5.74, 6) is 1.40. The van der Waals surface area contributed by atoms with Gasteiger partial charge in [-0.2, -0.15) is 0 Å². The Morgan fingerprint density at radius 2 is 2.18 bits per heavy atom. The number of hydrogen-bond acceptors (Lipinski definition) is 4. The van der Waals surface area contributed by atoms with Gasteiger partial charge in [-0.3, -0.25) is 0 Å². The Hall–Kier alpha value is -1.89. The van der Waals surface area contributed by atoms with Gasteiger partial charge in [-0.05, 0) is 19.8 Å². The lowest BCUT2D eigenvalue weighted by molar-refractivity contribution is 0.237. The van der Waals surface area contributed by atoms with E-state index in [9.17, 15) is 4.79 Å². The van der Waals surface area contributed by atoms with Crippen LogP contribution in [-0.2, 0) is 13.1 Å². The van der Waals surface area contributed by atoms with E-state index in [2.05, 4.69) is 39.0 Å². The molecule has 7 heteroatoms. The summed E-state index contributed by atoms with van der Waals surface area (Å²) in [6, 6.07) is -0.322. The first kappa shape index (κ1) is 16.5. The Bertz CT molecular complexity index is 619. The van der Waals surface area contributed by atoms with Crippen LogP contribution in [0, 0.1) is 12.8 Å². The maximum atomic E-state index is 12.0. The lowest BCUT2D eigenvalue weighted by atomic mass is 10.2. The van der Waals surface area contributed by atoms with Crippen LogP contribution in [0.15, 0.2) is 17.8 Å². The van der Waals surface area contributed by atoms with Crippen LogP contribution in [0.1, 0.15) is 43.3 Å². The van der Waals surface area contributed by atoms with Crippen LogP contribution in [0.3, 0.4) is 0 Å². The Morgan fingerprint density at radius 3 is 2.82 bits per heavy atom. The summed E-state index contributed by atoms with van der Waals surface area (Å²) in [6.45, 7) is 9.49. The van der Waals surface area contributed by atoms with Crippen LogP contribution in [0.4, 0.5) is 4.79 Å². The zero-order valence-electron chi connectivity index (χ0n) is 13.5. The molecule has 1 atom stereocenters. The Balaban J connectivity index is 1.84. The molecule has 2 aromatic rings. The molecule has 120 valence electrons. The van der Waals surface area contributed by atoms with Crippen LogP contribution in [0.25, 0.3) is 0 Å². The van der Waals surface area contributed by atoms with Gasteiger partial charge in [0.1, 0.15) is 5.82 Å². The number of carbonyl (C=O) groups excluding carboxylic acids is 1. The second kappa shape index (κ2) is 7.40. The molecule has 2 heterocycles. The number of nitrogens with zero attached hydrogens (tertiary/aromatic N) is 3. The molecule has 0 spiro atoms. The fraction of sp³-hybridized carbons (Fsp3) is 0.533. The topological polar surface area (TPSA) is 71.8 Å². The highest BCUT2D eigenvalue weighted by Gasteiger charge is 2.12. The van der Waals surface area contributed by atoms with Gasteiger partial charge >= 0.3 is 6.03 Å². The van der Waals surface area contributed by atoms with Crippen molar-refractivity contribution < 1.29 is 4.79 Å². The van der Waals surface area contributed by atoms with Crippen LogP contribution in [-0.4, -0.2) is 20.6 Å². The number of aromatic nitrogens is 3. The van der Waals surface area contributed by atoms with Gasteiger partial charge in [0.15, 0.2) is 0 Å². The number of nitrogens with one attached hydrogen (secondary N) is 2. The minimum absolute atomic E-state index is 0.111. The highest BCUT2D eigenvalue weighted by atomic mass is 32.1. The zero-order valence-corrected chi connectivity index (χ0v) is 14.3. The summed E-state index contributed by atoms with van der Waals surface area (Å²) < 4.78 is 2.07. The third kappa shape index (κ3) is 4.56. The molecule has 2 aromatic heterocycles. The SMILES string of the molecule is Cc1nc(C(C)NC(=O)NCc2nccn2CC(C)C)cs1. The van der Waals surface area contributed by atoms with Crippen molar-refractivity contribution in [3.63, 3.8) is 0 Å². The van der Waals surface area contributed by atoms with Gasteiger partial charge in [0.25, 0.3) is 0 Å². The van der Waals surface area contributed by atoms with Gasteiger partial charge in [0.2, 0.25) is 0 Å². The number of rotatable bonds is 6. The molecule has 0 bridgehead atoms. The minimum Gasteiger partial charge on any atom is -0.333 e. The van der Waals surface area contributed by atoms with Crippen molar-refractivity contribution >= 4 is 17.4 Å². The van der Waals surface area contributed by atoms with E-state index in [0.29, 0.717) is 12.5 Å². The molecule has 2 N–H and O–H groups in total. The van der Waals surface area contributed by atoms with E-state index in [1.54, 1.807) is 17.5 Å². The first-order valence-electron chi connectivity index (χ1n) is 7.42. The van der Waals surface area contributed by atoms with Gasteiger partial charge in [-0.1, -0.05) is 13.8 Å². The fourth-order valence-electron chi connectivity index (χ4n) is 2.13. The molecule has 0 aromatic carbocycles. The summed E-state index contributed by atoms with van der Waals surface area (Å²) in [5.41, 5.74) is 0.888.